The zero-order valence-electron chi connectivity index (χ0n) is 11.0. The van der Waals surface area contributed by atoms with Crippen molar-refractivity contribution in [1.82, 2.24) is 15.5 Å². The summed E-state index contributed by atoms with van der Waals surface area (Å²) in [6, 6.07) is 0.462. The smallest absolute Gasteiger partial charge is 0.234 e. The maximum atomic E-state index is 11.4. The van der Waals surface area contributed by atoms with Gasteiger partial charge in [0.25, 0.3) is 0 Å². The molecule has 1 amide bonds. The number of hydrogen-bond acceptors (Lipinski definition) is 3. The minimum absolute atomic E-state index is 0.128. The minimum atomic E-state index is 0.128. The van der Waals surface area contributed by atoms with Crippen LogP contribution >= 0.6 is 0 Å². The van der Waals surface area contributed by atoms with E-state index in [1.54, 1.807) is 0 Å². The molecule has 0 aromatic carbocycles. The summed E-state index contributed by atoms with van der Waals surface area (Å²) in [4.78, 5) is 13.6. The van der Waals surface area contributed by atoms with Crippen LogP contribution in [0.4, 0.5) is 0 Å². The van der Waals surface area contributed by atoms with Crippen molar-refractivity contribution in [3.63, 3.8) is 0 Å². The van der Waals surface area contributed by atoms with Gasteiger partial charge in [-0.25, -0.2) is 0 Å². The molecule has 4 nitrogen and oxygen atoms in total. The SMILES string of the molecule is CN(C)CC(C)(C)CNCC(=O)NC1CC1. The van der Waals surface area contributed by atoms with Crippen molar-refractivity contribution in [1.29, 1.82) is 0 Å². The molecule has 1 aliphatic rings. The van der Waals surface area contributed by atoms with E-state index >= 15 is 0 Å². The van der Waals surface area contributed by atoms with Crippen LogP contribution in [0.3, 0.4) is 0 Å². The molecule has 0 spiro atoms. The van der Waals surface area contributed by atoms with Gasteiger partial charge in [-0.2, -0.15) is 0 Å². The van der Waals surface area contributed by atoms with Gasteiger partial charge < -0.3 is 15.5 Å². The average molecular weight is 227 g/mol. The average Bonchev–Trinajstić information content (AvgIpc) is 2.84. The lowest BCUT2D eigenvalue weighted by atomic mass is 9.93. The first-order valence-electron chi connectivity index (χ1n) is 6.04. The lowest BCUT2D eigenvalue weighted by Crippen LogP contribution is -2.42. The van der Waals surface area contributed by atoms with Crippen LogP contribution in [0.2, 0.25) is 0 Å². The maximum Gasteiger partial charge on any atom is 0.234 e. The summed E-state index contributed by atoms with van der Waals surface area (Å²) in [6.45, 7) is 6.73. The summed E-state index contributed by atoms with van der Waals surface area (Å²) in [7, 11) is 4.14. The maximum absolute atomic E-state index is 11.4. The van der Waals surface area contributed by atoms with Gasteiger partial charge in [0.15, 0.2) is 0 Å². The molecule has 1 rings (SSSR count). The van der Waals surface area contributed by atoms with Crippen molar-refractivity contribution >= 4 is 5.91 Å². The third-order valence-electron chi connectivity index (χ3n) is 2.58. The van der Waals surface area contributed by atoms with Gasteiger partial charge in [-0.1, -0.05) is 13.8 Å². The Labute approximate surface area is 98.8 Å². The van der Waals surface area contributed by atoms with Crippen LogP contribution in [0.5, 0.6) is 0 Å². The second kappa shape index (κ2) is 5.64. The van der Waals surface area contributed by atoms with Gasteiger partial charge in [-0.15, -0.1) is 0 Å². The highest BCUT2D eigenvalue weighted by molar-refractivity contribution is 5.78. The Bertz CT molecular complexity index is 234. The number of nitrogens with one attached hydrogen (secondary N) is 2. The Hall–Kier alpha value is -0.610. The third kappa shape index (κ3) is 6.08. The first-order chi connectivity index (χ1) is 7.39. The van der Waals surface area contributed by atoms with Crippen molar-refractivity contribution in [2.75, 3.05) is 33.7 Å². The molecule has 0 atom stereocenters. The minimum Gasteiger partial charge on any atom is -0.352 e. The van der Waals surface area contributed by atoms with E-state index in [0.717, 1.165) is 25.9 Å². The van der Waals surface area contributed by atoms with Gasteiger partial charge >= 0.3 is 0 Å². The monoisotopic (exact) mass is 227 g/mol. The largest absolute Gasteiger partial charge is 0.352 e. The van der Waals surface area contributed by atoms with Crippen molar-refractivity contribution in [3.05, 3.63) is 0 Å². The summed E-state index contributed by atoms with van der Waals surface area (Å²) >= 11 is 0. The van der Waals surface area contributed by atoms with Crippen LogP contribution in [-0.4, -0.2) is 50.6 Å². The van der Waals surface area contributed by atoms with E-state index in [4.69, 9.17) is 0 Å². The fraction of sp³-hybridized carbons (Fsp3) is 0.917. The molecular weight excluding hydrogens is 202 g/mol. The van der Waals surface area contributed by atoms with Crippen LogP contribution < -0.4 is 10.6 Å². The van der Waals surface area contributed by atoms with E-state index in [9.17, 15) is 4.79 Å². The van der Waals surface area contributed by atoms with Crippen molar-refractivity contribution in [2.45, 2.75) is 32.7 Å². The van der Waals surface area contributed by atoms with Gasteiger partial charge in [0.2, 0.25) is 5.91 Å². The molecule has 1 aliphatic carbocycles. The molecule has 0 saturated heterocycles. The van der Waals surface area contributed by atoms with E-state index in [1.807, 2.05) is 0 Å². The van der Waals surface area contributed by atoms with Crippen molar-refractivity contribution < 1.29 is 4.79 Å². The quantitative estimate of drug-likeness (QED) is 0.663. The van der Waals surface area contributed by atoms with Crippen LogP contribution in [-0.2, 0) is 4.79 Å². The Balaban J connectivity index is 2.10. The van der Waals surface area contributed by atoms with E-state index in [-0.39, 0.29) is 11.3 Å². The number of amides is 1. The van der Waals surface area contributed by atoms with Gasteiger partial charge in [0.1, 0.15) is 0 Å². The molecule has 0 heterocycles. The number of rotatable bonds is 7. The molecule has 2 N–H and O–H groups in total. The standard InChI is InChI=1S/C12H25N3O/c1-12(2,9-15(3)4)8-13-7-11(16)14-10-5-6-10/h10,13H,5-9H2,1-4H3,(H,14,16). The lowest BCUT2D eigenvalue weighted by Gasteiger charge is -2.28. The Morgan fingerprint density at radius 2 is 2.00 bits per heavy atom. The van der Waals surface area contributed by atoms with Crippen molar-refractivity contribution in [3.8, 4) is 0 Å². The fourth-order valence-corrected chi connectivity index (χ4v) is 1.93. The highest BCUT2D eigenvalue weighted by atomic mass is 16.2. The predicted molar refractivity (Wildman–Crippen MR) is 66.4 cm³/mol. The van der Waals surface area contributed by atoms with E-state index < -0.39 is 0 Å². The number of nitrogens with zero attached hydrogens (tertiary/aromatic N) is 1. The Morgan fingerprint density at radius 1 is 1.38 bits per heavy atom. The first kappa shape index (κ1) is 13.5. The van der Waals surface area contributed by atoms with Crippen LogP contribution in [0.1, 0.15) is 26.7 Å². The second-order valence-electron chi connectivity index (χ2n) is 5.85. The lowest BCUT2D eigenvalue weighted by molar-refractivity contribution is -0.120. The van der Waals surface area contributed by atoms with Gasteiger partial charge in [0.05, 0.1) is 6.54 Å². The Morgan fingerprint density at radius 3 is 2.50 bits per heavy atom. The molecule has 1 fully saturated rings. The number of carbonyl (C=O) groups is 1. The molecule has 16 heavy (non-hydrogen) atoms. The number of carbonyl (C=O) groups excluding carboxylic acids is 1. The Kier molecular flexibility index (Phi) is 4.74. The summed E-state index contributed by atoms with van der Waals surface area (Å²) in [5, 5.41) is 6.19. The summed E-state index contributed by atoms with van der Waals surface area (Å²) < 4.78 is 0. The van der Waals surface area contributed by atoms with E-state index in [2.05, 4.69) is 43.5 Å². The third-order valence-corrected chi connectivity index (χ3v) is 2.58. The summed E-state index contributed by atoms with van der Waals surface area (Å²) in [5.41, 5.74) is 0.198. The number of hydrogen-bond donors (Lipinski definition) is 2. The van der Waals surface area contributed by atoms with Gasteiger partial charge in [-0.05, 0) is 32.4 Å². The fourth-order valence-electron chi connectivity index (χ4n) is 1.93. The van der Waals surface area contributed by atoms with Crippen LogP contribution in [0.25, 0.3) is 0 Å². The normalized spacial score (nSPS) is 16.6. The topological polar surface area (TPSA) is 44.4 Å². The summed E-state index contributed by atoms with van der Waals surface area (Å²) in [6.07, 6.45) is 2.30. The second-order valence-corrected chi connectivity index (χ2v) is 5.85. The molecule has 0 aliphatic heterocycles. The molecule has 0 unspecified atom stereocenters. The first-order valence-corrected chi connectivity index (χ1v) is 6.04. The molecule has 0 bridgehead atoms. The highest BCUT2D eigenvalue weighted by Gasteiger charge is 2.23. The molecule has 94 valence electrons. The molecule has 0 aromatic heterocycles. The van der Waals surface area contributed by atoms with E-state index in [1.165, 1.54) is 0 Å². The van der Waals surface area contributed by atoms with Crippen LogP contribution in [0, 0.1) is 5.41 Å². The van der Waals surface area contributed by atoms with Crippen molar-refractivity contribution in [2.24, 2.45) is 5.41 Å². The highest BCUT2D eigenvalue weighted by Crippen LogP contribution is 2.18. The zero-order chi connectivity index (χ0) is 12.2. The zero-order valence-corrected chi connectivity index (χ0v) is 11.0. The molecular formula is C12H25N3O. The van der Waals surface area contributed by atoms with E-state index in [0.29, 0.717) is 12.6 Å². The molecule has 0 radical (unpaired) electrons. The predicted octanol–water partition coefficient (Wildman–Crippen LogP) is 0.442. The molecule has 4 heteroatoms. The van der Waals surface area contributed by atoms with Gasteiger partial charge in [-0.3, -0.25) is 4.79 Å². The summed E-state index contributed by atoms with van der Waals surface area (Å²) in [5.74, 6) is 0.128. The molecule has 1 saturated carbocycles. The molecule has 0 aromatic rings. The van der Waals surface area contributed by atoms with Crippen LogP contribution in [0.15, 0.2) is 0 Å². The van der Waals surface area contributed by atoms with Gasteiger partial charge in [0, 0.05) is 19.1 Å².